The standard InChI is InChI=1S/C27H37FN2O2/c1-20(2)29(5)26(31)24-8-6-22(7-9-24)23-10-12-25(13-11-23)32-18-21-14-16-30(17-15-21)19-27(3,4)28/h6-13,20-21H,14-19H2,1-5H3. The summed E-state index contributed by atoms with van der Waals surface area (Å²) >= 11 is 0. The van der Waals surface area contributed by atoms with E-state index in [1.807, 2.05) is 57.3 Å². The second kappa shape index (κ2) is 10.5. The van der Waals surface area contributed by atoms with Crippen LogP contribution in [-0.4, -0.2) is 60.7 Å². The van der Waals surface area contributed by atoms with E-state index in [0.717, 1.165) is 42.8 Å². The van der Waals surface area contributed by atoms with Crippen LogP contribution in [0.1, 0.15) is 50.9 Å². The first-order valence-electron chi connectivity index (χ1n) is 11.6. The van der Waals surface area contributed by atoms with Crippen molar-refractivity contribution in [1.82, 2.24) is 9.80 Å². The lowest BCUT2D eigenvalue weighted by Crippen LogP contribution is -2.41. The predicted octanol–water partition coefficient (Wildman–Crippen LogP) is 5.67. The molecule has 0 unspecified atom stereocenters. The number of amides is 1. The summed E-state index contributed by atoms with van der Waals surface area (Å²) in [7, 11) is 1.83. The zero-order chi connectivity index (χ0) is 23.3. The second-order valence-electron chi connectivity index (χ2n) is 9.86. The first-order chi connectivity index (χ1) is 15.1. The summed E-state index contributed by atoms with van der Waals surface area (Å²) in [6.07, 6.45) is 2.09. The monoisotopic (exact) mass is 440 g/mol. The average molecular weight is 441 g/mol. The van der Waals surface area contributed by atoms with Crippen molar-refractivity contribution in [3.63, 3.8) is 0 Å². The van der Waals surface area contributed by atoms with Gasteiger partial charge in [0.15, 0.2) is 0 Å². The predicted molar refractivity (Wildman–Crippen MR) is 129 cm³/mol. The molecule has 0 saturated carbocycles. The van der Waals surface area contributed by atoms with Crippen molar-refractivity contribution in [2.24, 2.45) is 5.92 Å². The fourth-order valence-electron chi connectivity index (χ4n) is 4.04. The van der Waals surface area contributed by atoms with Crippen molar-refractivity contribution in [2.45, 2.75) is 52.2 Å². The minimum Gasteiger partial charge on any atom is -0.493 e. The van der Waals surface area contributed by atoms with Crippen LogP contribution < -0.4 is 4.74 Å². The zero-order valence-electron chi connectivity index (χ0n) is 20.1. The number of nitrogens with zero attached hydrogens (tertiary/aromatic N) is 2. The number of likely N-dealkylation sites (tertiary alicyclic amines) is 1. The van der Waals surface area contributed by atoms with E-state index in [-0.39, 0.29) is 11.9 Å². The quantitative estimate of drug-likeness (QED) is 0.530. The molecule has 0 aliphatic carbocycles. The minimum atomic E-state index is -1.13. The van der Waals surface area contributed by atoms with E-state index in [0.29, 0.717) is 24.6 Å². The topological polar surface area (TPSA) is 32.8 Å². The van der Waals surface area contributed by atoms with E-state index in [2.05, 4.69) is 17.0 Å². The molecule has 2 aromatic rings. The average Bonchev–Trinajstić information content (AvgIpc) is 2.77. The number of carbonyl (C=O) groups excluding carboxylic acids is 1. The van der Waals surface area contributed by atoms with Gasteiger partial charge in [0.2, 0.25) is 0 Å². The van der Waals surface area contributed by atoms with E-state index in [1.165, 1.54) is 0 Å². The van der Waals surface area contributed by atoms with Crippen LogP contribution >= 0.6 is 0 Å². The summed E-state index contributed by atoms with van der Waals surface area (Å²) < 4.78 is 19.9. The summed E-state index contributed by atoms with van der Waals surface area (Å²) in [6.45, 7) is 10.4. The number of benzene rings is 2. The maximum Gasteiger partial charge on any atom is 0.253 e. The van der Waals surface area contributed by atoms with Crippen molar-refractivity contribution in [2.75, 3.05) is 33.3 Å². The first-order valence-corrected chi connectivity index (χ1v) is 11.6. The van der Waals surface area contributed by atoms with Crippen molar-refractivity contribution in [3.8, 4) is 16.9 Å². The van der Waals surface area contributed by atoms with Crippen LogP contribution in [-0.2, 0) is 0 Å². The fourth-order valence-corrected chi connectivity index (χ4v) is 4.04. The molecule has 1 fully saturated rings. The number of ether oxygens (including phenoxy) is 1. The van der Waals surface area contributed by atoms with E-state index >= 15 is 0 Å². The Bertz CT molecular complexity index is 864. The number of alkyl halides is 1. The molecule has 0 N–H and O–H groups in total. The fraction of sp³-hybridized carbons (Fsp3) is 0.519. The third kappa shape index (κ3) is 6.80. The van der Waals surface area contributed by atoms with Crippen LogP contribution in [0.3, 0.4) is 0 Å². The molecule has 2 aromatic carbocycles. The molecule has 0 atom stereocenters. The molecule has 174 valence electrons. The lowest BCUT2D eigenvalue weighted by atomic mass is 9.97. The van der Waals surface area contributed by atoms with Gasteiger partial charge in [0.05, 0.1) is 6.61 Å². The van der Waals surface area contributed by atoms with Gasteiger partial charge in [-0.15, -0.1) is 0 Å². The highest BCUT2D eigenvalue weighted by molar-refractivity contribution is 5.94. The van der Waals surface area contributed by atoms with Crippen molar-refractivity contribution < 1.29 is 13.9 Å². The van der Waals surface area contributed by atoms with Crippen molar-refractivity contribution in [3.05, 3.63) is 54.1 Å². The van der Waals surface area contributed by atoms with Crippen LogP contribution in [0, 0.1) is 5.92 Å². The van der Waals surface area contributed by atoms with Crippen LogP contribution in [0.4, 0.5) is 4.39 Å². The smallest absolute Gasteiger partial charge is 0.253 e. The zero-order valence-corrected chi connectivity index (χ0v) is 20.1. The van der Waals surface area contributed by atoms with Gasteiger partial charge >= 0.3 is 0 Å². The summed E-state index contributed by atoms with van der Waals surface area (Å²) in [6, 6.07) is 16.0. The SMILES string of the molecule is CC(C)N(C)C(=O)c1ccc(-c2ccc(OCC3CCN(CC(C)(C)F)CC3)cc2)cc1. The highest BCUT2D eigenvalue weighted by Crippen LogP contribution is 2.25. The van der Waals surface area contributed by atoms with E-state index < -0.39 is 5.67 Å². The van der Waals surface area contributed by atoms with Crippen LogP contribution in [0.25, 0.3) is 11.1 Å². The Labute approximate surface area is 192 Å². The molecule has 0 radical (unpaired) electrons. The molecule has 5 heteroatoms. The molecule has 4 nitrogen and oxygen atoms in total. The Morgan fingerprint density at radius 3 is 2.09 bits per heavy atom. The molecule has 0 spiro atoms. The van der Waals surface area contributed by atoms with Gasteiger partial charge in [-0.1, -0.05) is 24.3 Å². The Morgan fingerprint density at radius 1 is 1.06 bits per heavy atom. The van der Waals surface area contributed by atoms with Crippen molar-refractivity contribution in [1.29, 1.82) is 0 Å². The van der Waals surface area contributed by atoms with E-state index in [4.69, 9.17) is 4.74 Å². The van der Waals surface area contributed by atoms with Crippen LogP contribution in [0.2, 0.25) is 0 Å². The number of carbonyl (C=O) groups is 1. The molecular weight excluding hydrogens is 403 g/mol. The van der Waals surface area contributed by atoms with Gasteiger partial charge in [-0.05, 0) is 94.9 Å². The Hall–Kier alpha value is -2.40. The molecule has 32 heavy (non-hydrogen) atoms. The number of hydrogen-bond donors (Lipinski definition) is 0. The summed E-state index contributed by atoms with van der Waals surface area (Å²) in [5, 5.41) is 0. The molecular formula is C27H37FN2O2. The van der Waals surface area contributed by atoms with Crippen LogP contribution in [0.5, 0.6) is 5.75 Å². The van der Waals surface area contributed by atoms with Crippen LogP contribution in [0.15, 0.2) is 48.5 Å². The van der Waals surface area contributed by atoms with Gasteiger partial charge in [0.1, 0.15) is 11.4 Å². The highest BCUT2D eigenvalue weighted by atomic mass is 19.1. The van der Waals surface area contributed by atoms with Crippen molar-refractivity contribution >= 4 is 5.91 Å². The summed E-state index contributed by atoms with van der Waals surface area (Å²) in [5.41, 5.74) is 1.73. The molecule has 1 saturated heterocycles. The summed E-state index contributed by atoms with van der Waals surface area (Å²) in [5.74, 6) is 1.42. The molecule has 1 amide bonds. The van der Waals surface area contributed by atoms with Gasteiger partial charge in [0, 0.05) is 25.2 Å². The van der Waals surface area contributed by atoms with Gasteiger partial charge in [-0.25, -0.2) is 4.39 Å². The Morgan fingerprint density at radius 2 is 1.59 bits per heavy atom. The van der Waals surface area contributed by atoms with E-state index in [9.17, 15) is 9.18 Å². The molecule has 1 aliphatic rings. The number of piperidine rings is 1. The number of hydrogen-bond acceptors (Lipinski definition) is 3. The minimum absolute atomic E-state index is 0.0366. The third-order valence-corrected chi connectivity index (χ3v) is 6.21. The number of rotatable bonds is 8. The maximum atomic E-state index is 13.8. The van der Waals surface area contributed by atoms with Gasteiger partial charge in [0.25, 0.3) is 5.91 Å². The normalized spacial score (nSPS) is 15.7. The molecule has 3 rings (SSSR count). The van der Waals surface area contributed by atoms with Gasteiger partial charge in [-0.2, -0.15) is 0 Å². The second-order valence-corrected chi connectivity index (χ2v) is 9.86. The van der Waals surface area contributed by atoms with E-state index in [1.54, 1.807) is 18.7 Å². The molecule has 1 heterocycles. The lowest BCUT2D eigenvalue weighted by Gasteiger charge is -2.34. The molecule has 0 bridgehead atoms. The van der Waals surface area contributed by atoms with Gasteiger partial charge in [-0.3, -0.25) is 4.79 Å². The largest absolute Gasteiger partial charge is 0.493 e. The Kier molecular flexibility index (Phi) is 7.94. The third-order valence-electron chi connectivity index (χ3n) is 6.21. The first kappa shape index (κ1) is 24.2. The lowest BCUT2D eigenvalue weighted by molar-refractivity contribution is 0.0754. The van der Waals surface area contributed by atoms with Gasteiger partial charge < -0.3 is 14.5 Å². The Balaban J connectivity index is 1.50. The molecule has 0 aromatic heterocycles. The maximum absolute atomic E-state index is 13.8. The molecule has 1 aliphatic heterocycles. The summed E-state index contributed by atoms with van der Waals surface area (Å²) in [4.78, 5) is 16.4. The number of halogens is 1. The highest BCUT2D eigenvalue weighted by Gasteiger charge is 2.25.